The largest absolute Gasteiger partial charge is 0.308 e. The van der Waals surface area contributed by atoms with E-state index in [1.807, 2.05) is 42.2 Å². The molecule has 0 bridgehead atoms. The minimum atomic E-state index is 0.683. The van der Waals surface area contributed by atoms with Crippen molar-refractivity contribution in [2.75, 3.05) is 4.90 Å². The molecule has 0 aliphatic carbocycles. The molecule has 5 heteroatoms. The van der Waals surface area contributed by atoms with Gasteiger partial charge in [-0.25, -0.2) is 9.97 Å². The first-order valence-electron chi connectivity index (χ1n) is 13.6. The highest BCUT2D eigenvalue weighted by Crippen LogP contribution is 2.51. The fraction of sp³-hybridized carbons (Fsp3) is 0. The molecule has 0 unspecified atom stereocenters. The minimum Gasteiger partial charge on any atom is -0.308 e. The lowest BCUT2D eigenvalue weighted by Crippen LogP contribution is -2.14. The second-order valence-corrected chi connectivity index (χ2v) is 11.1. The second kappa shape index (κ2) is 9.81. The van der Waals surface area contributed by atoms with Crippen molar-refractivity contribution in [3.8, 4) is 33.6 Å². The summed E-state index contributed by atoms with van der Waals surface area (Å²) in [5.74, 6) is 0.683. The summed E-state index contributed by atoms with van der Waals surface area (Å²) in [5.41, 5.74) is 9.81. The van der Waals surface area contributed by atoms with E-state index in [0.29, 0.717) is 5.78 Å². The van der Waals surface area contributed by atoms with Gasteiger partial charge in [-0.1, -0.05) is 109 Å². The van der Waals surface area contributed by atoms with Gasteiger partial charge in [-0.05, 0) is 42.0 Å². The van der Waals surface area contributed by atoms with Crippen molar-refractivity contribution < 1.29 is 0 Å². The third-order valence-corrected chi connectivity index (χ3v) is 8.60. The maximum absolute atomic E-state index is 4.96. The van der Waals surface area contributed by atoms with Gasteiger partial charge in [0.2, 0.25) is 5.78 Å². The monoisotopic (exact) mass is 544 g/mol. The summed E-state index contributed by atoms with van der Waals surface area (Å²) in [7, 11) is 0. The van der Waals surface area contributed by atoms with Gasteiger partial charge < -0.3 is 4.90 Å². The van der Waals surface area contributed by atoms with E-state index >= 15 is 0 Å². The number of hydrogen-bond donors (Lipinski definition) is 0. The minimum absolute atomic E-state index is 0.683. The average Bonchev–Trinajstić information content (AvgIpc) is 3.43. The number of imidazole rings is 1. The highest BCUT2D eigenvalue weighted by atomic mass is 32.2. The zero-order valence-corrected chi connectivity index (χ0v) is 22.9. The lowest BCUT2D eigenvalue weighted by molar-refractivity contribution is 1.11. The number of anilines is 3. The lowest BCUT2D eigenvalue weighted by atomic mass is 10.0. The number of aromatic nitrogens is 3. The molecule has 1 aliphatic heterocycles. The van der Waals surface area contributed by atoms with Crippen molar-refractivity contribution in [1.29, 1.82) is 0 Å². The van der Waals surface area contributed by atoms with Crippen molar-refractivity contribution in [2.24, 2.45) is 0 Å². The van der Waals surface area contributed by atoms with E-state index in [4.69, 9.17) is 9.97 Å². The first-order valence-corrected chi connectivity index (χ1v) is 14.4. The third-order valence-electron chi connectivity index (χ3n) is 7.47. The molecule has 4 nitrogen and oxygen atoms in total. The molecule has 2 aromatic heterocycles. The Labute approximate surface area is 242 Å². The quantitative estimate of drug-likeness (QED) is 0.221. The molecule has 194 valence electrons. The Morgan fingerprint density at radius 1 is 0.512 bits per heavy atom. The number of fused-ring (bicyclic) bond motifs is 3. The molecule has 5 aromatic carbocycles. The summed E-state index contributed by atoms with van der Waals surface area (Å²) in [6, 6.07) is 46.7. The SMILES string of the molecule is c1ccc(-c2nc3ncc(-c4ccc(N5c6ccccc6Sc6ccccc65)cc4)cn3c2-c2ccccc2)cc1. The molecule has 41 heavy (non-hydrogen) atoms. The Morgan fingerprint density at radius 2 is 1.10 bits per heavy atom. The van der Waals surface area contributed by atoms with E-state index in [0.717, 1.165) is 39.3 Å². The summed E-state index contributed by atoms with van der Waals surface area (Å²) in [5, 5.41) is 0. The molecule has 0 saturated carbocycles. The number of para-hydroxylation sites is 2. The maximum atomic E-state index is 4.96. The van der Waals surface area contributed by atoms with Gasteiger partial charge >= 0.3 is 0 Å². The van der Waals surface area contributed by atoms with Crippen molar-refractivity contribution in [3.05, 3.63) is 146 Å². The summed E-state index contributed by atoms with van der Waals surface area (Å²) < 4.78 is 2.12. The standard InChI is InChI=1S/C36H24N4S/c1-3-11-26(12-4-1)34-35(27-13-5-2-6-14-27)39-24-28(23-37-36(39)38-34)25-19-21-29(22-20-25)40-30-15-7-9-17-32(30)41-33-18-10-8-16-31(33)40/h1-24H. The number of benzene rings is 5. The van der Waals surface area contributed by atoms with Crippen LogP contribution in [0.5, 0.6) is 0 Å². The van der Waals surface area contributed by atoms with Gasteiger partial charge in [0.1, 0.15) is 0 Å². The summed E-state index contributed by atoms with van der Waals surface area (Å²) in [4.78, 5) is 14.6. The van der Waals surface area contributed by atoms with Crippen LogP contribution in [0.4, 0.5) is 17.1 Å². The molecule has 0 saturated heterocycles. The maximum Gasteiger partial charge on any atom is 0.234 e. The molecule has 0 N–H and O–H groups in total. The lowest BCUT2D eigenvalue weighted by Gasteiger charge is -2.32. The van der Waals surface area contributed by atoms with Gasteiger partial charge in [0, 0.05) is 44.6 Å². The normalized spacial score (nSPS) is 12.2. The Kier molecular flexibility index (Phi) is 5.68. The van der Waals surface area contributed by atoms with Gasteiger partial charge in [-0.15, -0.1) is 0 Å². The van der Waals surface area contributed by atoms with Crippen LogP contribution in [0.1, 0.15) is 0 Å². The molecule has 1 aliphatic rings. The summed E-state index contributed by atoms with van der Waals surface area (Å²) >= 11 is 1.82. The van der Waals surface area contributed by atoms with Gasteiger partial charge in [0.15, 0.2) is 0 Å². The topological polar surface area (TPSA) is 33.4 Å². The Morgan fingerprint density at radius 3 is 1.76 bits per heavy atom. The van der Waals surface area contributed by atoms with Crippen LogP contribution in [0.3, 0.4) is 0 Å². The fourth-order valence-corrected chi connectivity index (χ4v) is 6.60. The molecule has 0 radical (unpaired) electrons. The molecule has 7 aromatic rings. The highest BCUT2D eigenvalue weighted by molar-refractivity contribution is 7.99. The van der Waals surface area contributed by atoms with Gasteiger partial charge in [0.25, 0.3) is 0 Å². The smallest absolute Gasteiger partial charge is 0.234 e. The van der Waals surface area contributed by atoms with E-state index in [-0.39, 0.29) is 0 Å². The first-order chi connectivity index (χ1) is 20.3. The molecule has 0 spiro atoms. The van der Waals surface area contributed by atoms with Crippen LogP contribution in [-0.2, 0) is 0 Å². The van der Waals surface area contributed by atoms with Gasteiger partial charge in [0.05, 0.1) is 22.8 Å². The van der Waals surface area contributed by atoms with Crippen LogP contribution < -0.4 is 4.90 Å². The Hall–Kier alpha value is -5.13. The second-order valence-electron chi connectivity index (χ2n) is 9.97. The molecular weight excluding hydrogens is 520 g/mol. The number of rotatable bonds is 4. The van der Waals surface area contributed by atoms with Gasteiger partial charge in [-0.2, -0.15) is 0 Å². The predicted octanol–water partition coefficient (Wildman–Crippen LogP) is 9.66. The molecule has 0 fully saturated rings. The summed E-state index contributed by atoms with van der Waals surface area (Å²) in [6.45, 7) is 0. The first kappa shape index (κ1) is 23.7. The molecular formula is C36H24N4S. The summed E-state index contributed by atoms with van der Waals surface area (Å²) in [6.07, 6.45) is 4.07. The van der Waals surface area contributed by atoms with E-state index in [2.05, 4.69) is 125 Å². The van der Waals surface area contributed by atoms with E-state index in [9.17, 15) is 0 Å². The predicted molar refractivity (Wildman–Crippen MR) is 168 cm³/mol. The van der Waals surface area contributed by atoms with Crippen molar-refractivity contribution in [3.63, 3.8) is 0 Å². The zero-order chi connectivity index (χ0) is 27.2. The number of nitrogens with zero attached hydrogens (tertiary/aromatic N) is 4. The van der Waals surface area contributed by atoms with Crippen molar-refractivity contribution in [2.45, 2.75) is 9.79 Å². The fourth-order valence-electron chi connectivity index (χ4n) is 5.54. The molecule has 3 heterocycles. The van der Waals surface area contributed by atoms with Crippen LogP contribution in [0, 0.1) is 0 Å². The average molecular weight is 545 g/mol. The van der Waals surface area contributed by atoms with Crippen LogP contribution >= 0.6 is 11.8 Å². The van der Waals surface area contributed by atoms with E-state index in [1.54, 1.807) is 0 Å². The van der Waals surface area contributed by atoms with Crippen LogP contribution in [0.15, 0.2) is 156 Å². The molecule has 8 rings (SSSR count). The molecule has 0 atom stereocenters. The van der Waals surface area contributed by atoms with E-state index < -0.39 is 0 Å². The zero-order valence-electron chi connectivity index (χ0n) is 22.1. The third kappa shape index (κ3) is 4.10. The van der Waals surface area contributed by atoms with Crippen molar-refractivity contribution >= 4 is 34.6 Å². The Balaban J connectivity index is 1.23. The van der Waals surface area contributed by atoms with E-state index in [1.165, 1.54) is 21.2 Å². The van der Waals surface area contributed by atoms with Crippen molar-refractivity contribution in [1.82, 2.24) is 14.4 Å². The Bertz CT molecular complexity index is 1970. The molecule has 0 amide bonds. The van der Waals surface area contributed by atoms with Crippen LogP contribution in [-0.4, -0.2) is 14.4 Å². The highest BCUT2D eigenvalue weighted by Gasteiger charge is 2.24. The van der Waals surface area contributed by atoms with Crippen LogP contribution in [0.2, 0.25) is 0 Å². The van der Waals surface area contributed by atoms with Crippen LogP contribution in [0.25, 0.3) is 39.4 Å². The van der Waals surface area contributed by atoms with Gasteiger partial charge in [-0.3, -0.25) is 4.40 Å². The number of hydrogen-bond acceptors (Lipinski definition) is 4.